The van der Waals surface area contributed by atoms with Crippen molar-refractivity contribution in [3.05, 3.63) is 88.2 Å². The lowest BCUT2D eigenvalue weighted by atomic mass is 9.81. The largest absolute Gasteiger partial charge is 0.464 e. The number of aromatic amines is 1. The Morgan fingerprint density at radius 1 is 1.19 bits per heavy atom. The number of aliphatic hydroxyl groups is 1. The average Bonchev–Trinajstić information content (AvgIpc) is 3.34. The number of H-pyrrole nitrogens is 1. The predicted molar refractivity (Wildman–Crippen MR) is 138 cm³/mol. The summed E-state index contributed by atoms with van der Waals surface area (Å²) in [5.74, 6) is -0.582. The van der Waals surface area contributed by atoms with E-state index in [0.717, 1.165) is 11.0 Å². The number of hydrogen-bond acceptors (Lipinski definition) is 7. The van der Waals surface area contributed by atoms with E-state index in [1.54, 1.807) is 30.3 Å². The molecule has 1 aliphatic rings. The van der Waals surface area contributed by atoms with E-state index in [1.165, 1.54) is 6.26 Å². The minimum Gasteiger partial charge on any atom is -0.464 e. The van der Waals surface area contributed by atoms with Gasteiger partial charge in [0.2, 0.25) is 6.29 Å². The van der Waals surface area contributed by atoms with Crippen LogP contribution in [-0.2, 0) is 20.8 Å². The first-order chi connectivity index (χ1) is 18.1. The number of nitrogens with zero attached hydrogens (tertiary/aromatic N) is 1. The smallest absolute Gasteiger partial charge is 0.286 e. The Kier molecular flexibility index (Phi) is 7.34. The first-order valence-corrected chi connectivity index (χ1v) is 12.4. The molecule has 1 aliphatic heterocycles. The van der Waals surface area contributed by atoms with Gasteiger partial charge in [0.1, 0.15) is 11.4 Å². The number of rotatable bonds is 9. The summed E-state index contributed by atoms with van der Waals surface area (Å²) in [5.41, 5.74) is 2.43. The molecule has 0 spiro atoms. The lowest BCUT2D eigenvalue weighted by Crippen LogP contribution is -2.40. The number of hydrogen-bond donors (Lipinski definition) is 3. The van der Waals surface area contributed by atoms with Crippen LogP contribution in [0.25, 0.3) is 22.0 Å². The number of fused-ring (bicyclic) bond motifs is 2. The fourth-order valence-electron chi connectivity index (χ4n) is 4.79. The molecule has 37 heavy (non-hydrogen) atoms. The molecule has 1 amide bonds. The molecule has 0 fully saturated rings. The van der Waals surface area contributed by atoms with Crippen molar-refractivity contribution < 1.29 is 23.8 Å². The zero-order valence-electron chi connectivity index (χ0n) is 20.5. The highest BCUT2D eigenvalue weighted by Gasteiger charge is 2.39. The topological polar surface area (TPSA) is 127 Å². The summed E-state index contributed by atoms with van der Waals surface area (Å²) in [4.78, 5) is 34.3. The summed E-state index contributed by atoms with van der Waals surface area (Å²) in [7, 11) is 0. The van der Waals surface area contributed by atoms with Gasteiger partial charge in [0.25, 0.3) is 5.91 Å². The molecular weight excluding hydrogens is 474 g/mol. The van der Waals surface area contributed by atoms with Crippen molar-refractivity contribution in [2.45, 2.75) is 38.5 Å². The Morgan fingerprint density at radius 3 is 2.81 bits per heavy atom. The highest BCUT2D eigenvalue weighted by molar-refractivity contribution is 5.91. The SMILES string of the molecule is CCO[C@H]1OC(C(=O)NCc2nc3ccccc3[nH]2)=C[C@@H](c2coc3ccccc3c2=O)[C@H]1CCCO. The molecule has 0 saturated carbocycles. The molecule has 0 unspecified atom stereocenters. The van der Waals surface area contributed by atoms with Crippen LogP contribution in [0.4, 0.5) is 0 Å². The summed E-state index contributed by atoms with van der Waals surface area (Å²) in [6.07, 6.45) is 3.36. The molecule has 0 saturated heterocycles. The molecule has 192 valence electrons. The molecule has 3 heterocycles. The molecule has 0 aliphatic carbocycles. The summed E-state index contributed by atoms with van der Waals surface area (Å²) in [6.45, 7) is 2.35. The molecule has 0 radical (unpaired) electrons. The molecular formula is C28H29N3O6. The summed E-state index contributed by atoms with van der Waals surface area (Å²) in [5, 5.41) is 12.8. The van der Waals surface area contributed by atoms with Crippen LogP contribution in [0.1, 0.15) is 37.1 Å². The molecule has 9 nitrogen and oxygen atoms in total. The van der Waals surface area contributed by atoms with Gasteiger partial charge in [0, 0.05) is 30.6 Å². The first-order valence-electron chi connectivity index (χ1n) is 12.4. The fraction of sp³-hybridized carbons (Fsp3) is 0.321. The molecule has 0 bridgehead atoms. The molecule has 2 aromatic heterocycles. The van der Waals surface area contributed by atoms with Gasteiger partial charge in [-0.2, -0.15) is 0 Å². The predicted octanol–water partition coefficient (Wildman–Crippen LogP) is 3.73. The summed E-state index contributed by atoms with van der Waals surface area (Å²) in [6, 6.07) is 14.7. The highest BCUT2D eigenvalue weighted by atomic mass is 16.7. The zero-order valence-corrected chi connectivity index (χ0v) is 20.5. The summed E-state index contributed by atoms with van der Waals surface area (Å²) < 4.78 is 17.7. The summed E-state index contributed by atoms with van der Waals surface area (Å²) >= 11 is 0. The van der Waals surface area contributed by atoms with Crippen LogP contribution in [0.2, 0.25) is 0 Å². The second-order valence-corrected chi connectivity index (χ2v) is 8.93. The molecule has 5 rings (SSSR count). The number of aromatic nitrogens is 2. The number of nitrogens with one attached hydrogen (secondary N) is 2. The van der Waals surface area contributed by atoms with Crippen LogP contribution >= 0.6 is 0 Å². The van der Waals surface area contributed by atoms with Gasteiger partial charge in [-0.25, -0.2) is 4.98 Å². The molecule has 2 aromatic carbocycles. The van der Waals surface area contributed by atoms with Gasteiger partial charge >= 0.3 is 0 Å². The van der Waals surface area contributed by atoms with Crippen LogP contribution in [-0.4, -0.2) is 40.5 Å². The third-order valence-electron chi connectivity index (χ3n) is 6.56. The van der Waals surface area contributed by atoms with Crippen molar-refractivity contribution in [1.82, 2.24) is 15.3 Å². The number of carbonyl (C=O) groups excluding carboxylic acids is 1. The van der Waals surface area contributed by atoms with Crippen molar-refractivity contribution in [2.24, 2.45) is 5.92 Å². The van der Waals surface area contributed by atoms with Crippen LogP contribution in [0.15, 0.2) is 75.8 Å². The van der Waals surface area contributed by atoms with Crippen molar-refractivity contribution in [3.63, 3.8) is 0 Å². The lowest BCUT2D eigenvalue weighted by molar-refractivity contribution is -0.166. The number of para-hydroxylation sites is 3. The minimum absolute atomic E-state index is 0.0110. The number of carbonyl (C=O) groups is 1. The molecule has 3 N–H and O–H groups in total. The maximum atomic E-state index is 13.5. The Hall–Kier alpha value is -3.95. The maximum absolute atomic E-state index is 13.5. The molecule has 9 heteroatoms. The highest BCUT2D eigenvalue weighted by Crippen LogP contribution is 2.38. The fourth-order valence-corrected chi connectivity index (χ4v) is 4.79. The van der Waals surface area contributed by atoms with Crippen molar-refractivity contribution in [2.75, 3.05) is 13.2 Å². The minimum atomic E-state index is -0.774. The van der Waals surface area contributed by atoms with E-state index in [-0.39, 0.29) is 30.3 Å². The number of ether oxygens (including phenoxy) is 2. The van der Waals surface area contributed by atoms with Crippen LogP contribution in [0.3, 0.4) is 0 Å². The Bertz CT molecular complexity index is 1460. The van der Waals surface area contributed by atoms with Gasteiger partial charge in [-0.05, 0) is 50.1 Å². The van der Waals surface area contributed by atoms with E-state index in [9.17, 15) is 14.7 Å². The Balaban J connectivity index is 1.47. The van der Waals surface area contributed by atoms with Gasteiger partial charge < -0.3 is 29.3 Å². The van der Waals surface area contributed by atoms with Crippen molar-refractivity contribution in [3.8, 4) is 0 Å². The maximum Gasteiger partial charge on any atom is 0.286 e. The number of aliphatic hydroxyl groups excluding tert-OH is 1. The van der Waals surface area contributed by atoms with Gasteiger partial charge in [-0.3, -0.25) is 9.59 Å². The molecule has 4 aromatic rings. The normalized spacial score (nSPS) is 19.5. The first kappa shape index (κ1) is 24.7. The van der Waals surface area contributed by atoms with Gasteiger partial charge in [-0.1, -0.05) is 24.3 Å². The van der Waals surface area contributed by atoms with Crippen LogP contribution in [0.5, 0.6) is 0 Å². The molecule has 3 atom stereocenters. The number of benzene rings is 2. The van der Waals surface area contributed by atoms with E-state index in [2.05, 4.69) is 15.3 Å². The quantitative estimate of drug-likeness (QED) is 0.318. The third kappa shape index (κ3) is 5.14. The number of allylic oxidation sites excluding steroid dienone is 1. The van der Waals surface area contributed by atoms with Crippen molar-refractivity contribution >= 4 is 27.9 Å². The van der Waals surface area contributed by atoms with E-state index < -0.39 is 18.1 Å². The van der Waals surface area contributed by atoms with E-state index >= 15 is 0 Å². The Morgan fingerprint density at radius 2 is 2.00 bits per heavy atom. The second kappa shape index (κ2) is 11.0. The average molecular weight is 504 g/mol. The lowest BCUT2D eigenvalue weighted by Gasteiger charge is -2.36. The van der Waals surface area contributed by atoms with Crippen LogP contribution in [0, 0.1) is 5.92 Å². The zero-order chi connectivity index (χ0) is 25.8. The Labute approximate surface area is 213 Å². The van der Waals surface area contributed by atoms with Crippen molar-refractivity contribution in [1.29, 1.82) is 0 Å². The monoisotopic (exact) mass is 503 g/mol. The van der Waals surface area contributed by atoms with Gasteiger partial charge in [0.15, 0.2) is 11.2 Å². The number of imidazole rings is 1. The van der Waals surface area contributed by atoms with Crippen LogP contribution < -0.4 is 10.7 Å². The second-order valence-electron chi connectivity index (χ2n) is 8.93. The van der Waals surface area contributed by atoms with E-state index in [4.69, 9.17) is 13.9 Å². The van der Waals surface area contributed by atoms with Gasteiger partial charge in [-0.15, -0.1) is 0 Å². The standard InChI is InChI=1S/C28H29N3O6/c1-2-35-28-17(9-7-13-32)19(20-16-36-23-12-6-3-8-18(23)26(20)33)14-24(37-28)27(34)29-15-25-30-21-10-4-5-11-22(21)31-25/h3-6,8,10-12,14,16-17,19,28,32H,2,7,9,13,15H2,1H3,(H,29,34)(H,30,31)/t17-,19-,28+/m1/s1. The third-order valence-corrected chi connectivity index (χ3v) is 6.56. The number of amides is 1. The van der Waals surface area contributed by atoms with E-state index in [0.29, 0.717) is 41.8 Å². The van der Waals surface area contributed by atoms with Gasteiger partial charge in [0.05, 0.1) is 29.2 Å². The van der Waals surface area contributed by atoms with E-state index in [1.807, 2.05) is 31.2 Å².